The molecule has 1 aromatic carbocycles. The van der Waals surface area contributed by atoms with Gasteiger partial charge >= 0.3 is 12.0 Å². The van der Waals surface area contributed by atoms with Crippen molar-refractivity contribution in [2.75, 3.05) is 11.9 Å². The second kappa shape index (κ2) is 7.10. The Morgan fingerprint density at radius 2 is 1.80 bits per heavy atom. The second-order valence-electron chi connectivity index (χ2n) is 3.97. The molecular formula is C12H15N3O5. The Balaban J connectivity index is 2.47. The number of hydrogen-bond acceptors (Lipinski definition) is 4. The van der Waals surface area contributed by atoms with Crippen LogP contribution in [-0.2, 0) is 4.79 Å². The lowest BCUT2D eigenvalue weighted by Gasteiger charge is -2.08. The van der Waals surface area contributed by atoms with Crippen LogP contribution in [0.4, 0.5) is 10.5 Å². The molecule has 8 heteroatoms. The van der Waals surface area contributed by atoms with Gasteiger partial charge in [-0.2, -0.15) is 0 Å². The number of primary amides is 1. The molecule has 0 fully saturated rings. The molecule has 1 aromatic rings. The lowest BCUT2D eigenvalue weighted by molar-refractivity contribution is -0.146. The first-order chi connectivity index (χ1) is 9.40. The third-order valence-corrected chi connectivity index (χ3v) is 2.40. The zero-order chi connectivity index (χ0) is 15.1. The summed E-state index contributed by atoms with van der Waals surface area (Å²) in [6, 6.07) is 5.27. The average molecular weight is 281 g/mol. The molecular weight excluding hydrogens is 266 g/mol. The highest BCUT2D eigenvalue weighted by Gasteiger charge is 2.13. The fraction of sp³-hybridized carbons (Fsp3) is 0.250. The van der Waals surface area contributed by atoms with Gasteiger partial charge in [-0.15, -0.1) is 0 Å². The Labute approximate surface area is 114 Å². The SMILES string of the molecule is NC(=O)Nc1ccc(C(=O)NCC[C@H](O)C(=O)O)cc1. The number of hydrogen-bond donors (Lipinski definition) is 5. The molecule has 0 unspecified atom stereocenters. The number of carboxylic acid groups (broad SMARTS) is 1. The van der Waals surface area contributed by atoms with Crippen molar-refractivity contribution in [2.24, 2.45) is 5.73 Å². The van der Waals surface area contributed by atoms with Crippen LogP contribution in [0.15, 0.2) is 24.3 Å². The van der Waals surface area contributed by atoms with E-state index in [2.05, 4.69) is 10.6 Å². The van der Waals surface area contributed by atoms with Crippen LogP contribution in [-0.4, -0.2) is 40.8 Å². The molecule has 20 heavy (non-hydrogen) atoms. The molecule has 0 heterocycles. The van der Waals surface area contributed by atoms with Gasteiger partial charge in [-0.1, -0.05) is 0 Å². The smallest absolute Gasteiger partial charge is 0.332 e. The molecule has 0 aliphatic carbocycles. The maximum Gasteiger partial charge on any atom is 0.332 e. The number of urea groups is 1. The Hall–Kier alpha value is -2.61. The number of rotatable bonds is 6. The van der Waals surface area contributed by atoms with Crippen LogP contribution in [0.25, 0.3) is 0 Å². The molecule has 0 saturated carbocycles. The Bertz CT molecular complexity index is 500. The molecule has 108 valence electrons. The monoisotopic (exact) mass is 281 g/mol. The van der Waals surface area contributed by atoms with Crippen molar-refractivity contribution in [1.29, 1.82) is 0 Å². The molecule has 1 atom stereocenters. The van der Waals surface area contributed by atoms with Crippen molar-refractivity contribution < 1.29 is 24.6 Å². The summed E-state index contributed by atoms with van der Waals surface area (Å²) in [5.41, 5.74) is 5.73. The van der Waals surface area contributed by atoms with Crippen molar-refractivity contribution in [3.8, 4) is 0 Å². The van der Waals surface area contributed by atoms with Crippen LogP contribution >= 0.6 is 0 Å². The lowest BCUT2D eigenvalue weighted by atomic mass is 10.2. The number of carboxylic acids is 1. The third-order valence-electron chi connectivity index (χ3n) is 2.40. The summed E-state index contributed by atoms with van der Waals surface area (Å²) in [4.78, 5) is 32.6. The van der Waals surface area contributed by atoms with E-state index in [9.17, 15) is 14.4 Å². The van der Waals surface area contributed by atoms with Crippen LogP contribution in [0.5, 0.6) is 0 Å². The minimum absolute atomic E-state index is 0.0353. The van der Waals surface area contributed by atoms with Crippen molar-refractivity contribution >= 4 is 23.6 Å². The second-order valence-corrected chi connectivity index (χ2v) is 3.97. The highest BCUT2D eigenvalue weighted by Crippen LogP contribution is 2.09. The number of aliphatic carboxylic acids is 1. The number of carbonyl (C=O) groups is 3. The number of aliphatic hydroxyl groups excluding tert-OH is 1. The summed E-state index contributed by atoms with van der Waals surface area (Å²) >= 11 is 0. The number of amides is 3. The summed E-state index contributed by atoms with van der Waals surface area (Å²) in [5, 5.41) is 22.3. The first-order valence-electron chi connectivity index (χ1n) is 5.75. The summed E-state index contributed by atoms with van der Waals surface area (Å²) in [6.45, 7) is 0.0353. The van der Waals surface area contributed by atoms with Crippen LogP contribution in [0, 0.1) is 0 Å². The minimum atomic E-state index is -1.50. The minimum Gasteiger partial charge on any atom is -0.479 e. The molecule has 0 aromatic heterocycles. The standard InChI is InChI=1S/C12H15N3O5/c13-12(20)15-8-3-1-7(2-4-8)10(17)14-6-5-9(16)11(18)19/h1-4,9,16H,5-6H2,(H,14,17)(H,18,19)(H3,13,15,20)/t9-/m0/s1. The molecule has 0 aliphatic rings. The topological polar surface area (TPSA) is 142 Å². The fourth-order valence-electron chi connectivity index (χ4n) is 1.40. The van der Waals surface area contributed by atoms with Gasteiger partial charge in [-0.25, -0.2) is 9.59 Å². The summed E-state index contributed by atoms with van der Waals surface area (Å²) in [7, 11) is 0. The highest BCUT2D eigenvalue weighted by molar-refractivity contribution is 5.95. The highest BCUT2D eigenvalue weighted by atomic mass is 16.4. The third kappa shape index (κ3) is 4.94. The van der Waals surface area contributed by atoms with Crippen LogP contribution in [0.3, 0.4) is 0 Å². The van der Waals surface area contributed by atoms with Gasteiger partial charge in [0.1, 0.15) is 0 Å². The van der Waals surface area contributed by atoms with Crippen LogP contribution < -0.4 is 16.4 Å². The molecule has 3 amide bonds. The first-order valence-corrected chi connectivity index (χ1v) is 5.75. The number of carbonyl (C=O) groups excluding carboxylic acids is 2. The molecule has 0 aliphatic heterocycles. The number of benzene rings is 1. The molecule has 0 radical (unpaired) electrons. The molecule has 0 bridgehead atoms. The average Bonchev–Trinajstić information content (AvgIpc) is 2.38. The van der Waals surface area contributed by atoms with E-state index >= 15 is 0 Å². The molecule has 1 rings (SSSR count). The van der Waals surface area contributed by atoms with Gasteiger partial charge in [-0.3, -0.25) is 4.79 Å². The van der Waals surface area contributed by atoms with Crippen molar-refractivity contribution in [2.45, 2.75) is 12.5 Å². The van der Waals surface area contributed by atoms with E-state index in [0.717, 1.165) is 0 Å². The van der Waals surface area contributed by atoms with Gasteiger partial charge in [0.05, 0.1) is 0 Å². The van der Waals surface area contributed by atoms with Gasteiger partial charge < -0.3 is 26.6 Å². The molecule has 6 N–H and O–H groups in total. The lowest BCUT2D eigenvalue weighted by Crippen LogP contribution is -2.30. The van der Waals surface area contributed by atoms with Crippen molar-refractivity contribution in [3.63, 3.8) is 0 Å². The molecule has 8 nitrogen and oxygen atoms in total. The van der Waals surface area contributed by atoms with E-state index in [-0.39, 0.29) is 13.0 Å². The Kier molecular flexibility index (Phi) is 5.48. The zero-order valence-electron chi connectivity index (χ0n) is 10.5. The number of nitrogens with one attached hydrogen (secondary N) is 2. The summed E-state index contributed by atoms with van der Waals surface area (Å²) in [5.74, 6) is -1.74. The largest absolute Gasteiger partial charge is 0.479 e. The number of aliphatic hydroxyl groups is 1. The normalized spacial score (nSPS) is 11.4. The van der Waals surface area contributed by atoms with Gasteiger partial charge in [0.15, 0.2) is 6.10 Å². The van der Waals surface area contributed by atoms with E-state index in [1.54, 1.807) is 0 Å². The van der Waals surface area contributed by atoms with Gasteiger partial charge in [-0.05, 0) is 24.3 Å². The number of nitrogens with two attached hydrogens (primary N) is 1. The quantitative estimate of drug-likeness (QED) is 0.488. The summed E-state index contributed by atoms with van der Waals surface area (Å²) in [6.07, 6.45) is -1.58. The van der Waals surface area contributed by atoms with Crippen molar-refractivity contribution in [1.82, 2.24) is 5.32 Å². The van der Waals surface area contributed by atoms with Crippen molar-refractivity contribution in [3.05, 3.63) is 29.8 Å². The van der Waals surface area contributed by atoms with E-state index in [1.807, 2.05) is 0 Å². The summed E-state index contributed by atoms with van der Waals surface area (Å²) < 4.78 is 0. The molecule has 0 saturated heterocycles. The zero-order valence-corrected chi connectivity index (χ0v) is 10.5. The Morgan fingerprint density at radius 3 is 2.30 bits per heavy atom. The molecule has 0 spiro atoms. The Morgan fingerprint density at radius 1 is 1.20 bits per heavy atom. The maximum atomic E-state index is 11.7. The number of anilines is 1. The van der Waals surface area contributed by atoms with Gasteiger partial charge in [0.25, 0.3) is 5.91 Å². The van der Waals surface area contributed by atoms with Gasteiger partial charge in [0, 0.05) is 24.2 Å². The van der Waals surface area contributed by atoms with Crippen LogP contribution in [0.1, 0.15) is 16.8 Å². The van der Waals surface area contributed by atoms with E-state index < -0.39 is 24.0 Å². The van der Waals surface area contributed by atoms with Crippen LogP contribution in [0.2, 0.25) is 0 Å². The van der Waals surface area contributed by atoms with Gasteiger partial charge in [0.2, 0.25) is 0 Å². The first kappa shape index (κ1) is 15.4. The van der Waals surface area contributed by atoms with E-state index in [1.165, 1.54) is 24.3 Å². The van der Waals surface area contributed by atoms with E-state index in [4.69, 9.17) is 15.9 Å². The fourth-order valence-corrected chi connectivity index (χ4v) is 1.40. The predicted molar refractivity (Wildman–Crippen MR) is 70.2 cm³/mol. The maximum absolute atomic E-state index is 11.7. The van der Waals surface area contributed by atoms with E-state index in [0.29, 0.717) is 11.3 Å². The predicted octanol–water partition coefficient (Wildman–Crippen LogP) is -0.257.